The number of benzene rings is 1. The van der Waals surface area contributed by atoms with Gasteiger partial charge in [-0.15, -0.1) is 0 Å². The minimum absolute atomic E-state index is 0.0372. The molecule has 4 heteroatoms. The number of allylic oxidation sites excluding steroid dienone is 2. The Bertz CT molecular complexity index is 1060. The molecule has 1 aliphatic carbocycles. The van der Waals surface area contributed by atoms with Gasteiger partial charge in [0.25, 0.3) is 0 Å². The lowest BCUT2D eigenvalue weighted by Crippen LogP contribution is -2.29. The highest BCUT2D eigenvalue weighted by molar-refractivity contribution is 6.07. The summed E-state index contributed by atoms with van der Waals surface area (Å²) in [7, 11) is 0. The van der Waals surface area contributed by atoms with Crippen LogP contribution >= 0.6 is 0 Å². The Kier molecular flexibility index (Phi) is 6.30. The number of aromatic nitrogens is 1. The Morgan fingerprint density at radius 1 is 1.29 bits per heavy atom. The Labute approximate surface area is 166 Å². The number of hydrogen-bond donors (Lipinski definition) is 1. The average molecular weight is 379 g/mol. The minimum atomic E-state index is 0.0372. The van der Waals surface area contributed by atoms with Gasteiger partial charge in [-0.05, 0) is 70.0 Å². The summed E-state index contributed by atoms with van der Waals surface area (Å²) >= 11 is 0. The number of nitrogens with one attached hydrogen (secondary N) is 1. The van der Waals surface area contributed by atoms with Gasteiger partial charge in [-0.2, -0.15) is 0 Å². The Morgan fingerprint density at radius 3 is 2.75 bits per heavy atom. The molecule has 0 radical (unpaired) electrons. The van der Waals surface area contributed by atoms with E-state index in [4.69, 9.17) is 0 Å². The first kappa shape index (κ1) is 20.3. The van der Waals surface area contributed by atoms with Crippen LogP contribution in [0.2, 0.25) is 0 Å². The van der Waals surface area contributed by atoms with Crippen molar-refractivity contribution in [2.45, 2.75) is 53.0 Å². The number of fused-ring (bicyclic) bond motifs is 3. The number of hydrogen-bond acceptors (Lipinski definition) is 3. The van der Waals surface area contributed by atoms with Crippen LogP contribution in [0.1, 0.15) is 56.0 Å². The second-order valence-electron chi connectivity index (χ2n) is 7.47. The highest BCUT2D eigenvalue weighted by Gasteiger charge is 2.23. The van der Waals surface area contributed by atoms with Crippen molar-refractivity contribution < 1.29 is 9.59 Å². The fourth-order valence-corrected chi connectivity index (χ4v) is 4.11. The molecule has 1 aromatic heterocycles. The molecule has 0 bridgehead atoms. The predicted molar refractivity (Wildman–Crippen MR) is 116 cm³/mol. The van der Waals surface area contributed by atoms with E-state index in [2.05, 4.69) is 23.4 Å². The maximum absolute atomic E-state index is 12.3. The first-order chi connectivity index (χ1) is 13.5. The SMILES string of the molecule is C=c1/c(=C\C(=C/C)C(C)=O)c2c3c(ccc2n1CCCNCCC)C(=O)CC3. The molecule has 0 unspecified atom stereocenters. The summed E-state index contributed by atoms with van der Waals surface area (Å²) in [5.74, 6) is 0.248. The second kappa shape index (κ2) is 8.70. The van der Waals surface area contributed by atoms with Crippen LogP contribution in [0.3, 0.4) is 0 Å². The largest absolute Gasteiger partial charge is 0.341 e. The van der Waals surface area contributed by atoms with Gasteiger partial charge in [0.15, 0.2) is 11.6 Å². The van der Waals surface area contributed by atoms with Gasteiger partial charge in [0.05, 0.1) is 0 Å². The van der Waals surface area contributed by atoms with Gasteiger partial charge >= 0.3 is 0 Å². The topological polar surface area (TPSA) is 51.1 Å². The van der Waals surface area contributed by atoms with E-state index in [1.807, 2.05) is 31.2 Å². The average Bonchev–Trinajstić information content (AvgIpc) is 3.17. The van der Waals surface area contributed by atoms with Gasteiger partial charge in [0, 0.05) is 45.6 Å². The summed E-state index contributed by atoms with van der Waals surface area (Å²) in [4.78, 5) is 24.3. The number of rotatable bonds is 8. The Morgan fingerprint density at radius 2 is 2.07 bits per heavy atom. The van der Waals surface area contributed by atoms with Crippen molar-refractivity contribution in [3.63, 3.8) is 0 Å². The third kappa shape index (κ3) is 3.74. The van der Waals surface area contributed by atoms with Crippen molar-refractivity contribution in [2.75, 3.05) is 13.1 Å². The van der Waals surface area contributed by atoms with Gasteiger partial charge in [-0.25, -0.2) is 0 Å². The summed E-state index contributed by atoms with van der Waals surface area (Å²) in [6, 6.07) is 4.01. The lowest BCUT2D eigenvalue weighted by atomic mass is 10.0. The summed E-state index contributed by atoms with van der Waals surface area (Å²) in [5, 5.41) is 6.43. The number of aryl methyl sites for hydroxylation is 2. The molecule has 4 nitrogen and oxygen atoms in total. The summed E-state index contributed by atoms with van der Waals surface area (Å²) in [5.41, 5.74) is 3.73. The highest BCUT2D eigenvalue weighted by Crippen LogP contribution is 2.28. The highest BCUT2D eigenvalue weighted by atomic mass is 16.1. The molecular formula is C24H30N2O2. The number of Topliss-reactive ketones (excluding diaryl/α,β-unsaturated/α-hetero) is 2. The molecule has 0 spiro atoms. The van der Waals surface area contributed by atoms with Crippen molar-refractivity contribution in [2.24, 2.45) is 0 Å². The van der Waals surface area contributed by atoms with Crippen LogP contribution in [0.4, 0.5) is 0 Å². The third-order valence-electron chi connectivity index (χ3n) is 5.57. The molecule has 1 N–H and O–H groups in total. The summed E-state index contributed by atoms with van der Waals surface area (Å²) < 4.78 is 2.24. The normalized spacial score (nSPS) is 14.9. The van der Waals surface area contributed by atoms with Gasteiger partial charge in [-0.1, -0.05) is 19.6 Å². The van der Waals surface area contributed by atoms with E-state index in [0.717, 1.165) is 71.5 Å². The predicted octanol–water partition coefficient (Wildman–Crippen LogP) is 2.89. The molecule has 2 aromatic rings. The fraction of sp³-hybridized carbons (Fsp3) is 0.417. The van der Waals surface area contributed by atoms with Crippen molar-refractivity contribution in [3.05, 3.63) is 45.5 Å². The van der Waals surface area contributed by atoms with Crippen LogP contribution in [0.5, 0.6) is 0 Å². The molecule has 0 saturated heterocycles. The third-order valence-corrected chi connectivity index (χ3v) is 5.57. The first-order valence-corrected chi connectivity index (χ1v) is 10.3. The number of ketones is 2. The van der Waals surface area contributed by atoms with Crippen molar-refractivity contribution in [3.8, 4) is 0 Å². The minimum Gasteiger partial charge on any atom is -0.341 e. The zero-order chi connectivity index (χ0) is 20.3. The summed E-state index contributed by atoms with van der Waals surface area (Å²) in [6.45, 7) is 12.8. The molecule has 0 atom stereocenters. The van der Waals surface area contributed by atoms with Crippen LogP contribution < -0.4 is 15.9 Å². The lowest BCUT2D eigenvalue weighted by molar-refractivity contribution is -0.113. The first-order valence-electron chi connectivity index (χ1n) is 10.3. The van der Waals surface area contributed by atoms with E-state index in [9.17, 15) is 9.59 Å². The second-order valence-corrected chi connectivity index (χ2v) is 7.47. The van der Waals surface area contributed by atoms with Crippen molar-refractivity contribution in [1.82, 2.24) is 9.88 Å². The maximum atomic E-state index is 12.3. The zero-order valence-electron chi connectivity index (χ0n) is 17.2. The van der Waals surface area contributed by atoms with Crippen molar-refractivity contribution in [1.29, 1.82) is 0 Å². The molecule has 28 heavy (non-hydrogen) atoms. The molecule has 3 rings (SSSR count). The van der Waals surface area contributed by atoms with Crippen LogP contribution in [-0.2, 0) is 17.8 Å². The standard InChI is InChI=1S/C24H30N2O2/c1-5-12-25-13-7-14-26-16(3)21(15-18(6-2)17(4)27)24-20-9-11-23(28)19(20)8-10-22(24)26/h6,8,10,15,25H,3,5,7,9,11-14H2,1-2,4H3/b18-6+,21-15+. The van der Waals surface area contributed by atoms with Crippen LogP contribution in [-0.4, -0.2) is 29.2 Å². The Hall–Kier alpha value is -2.46. The van der Waals surface area contributed by atoms with E-state index in [-0.39, 0.29) is 11.6 Å². The summed E-state index contributed by atoms with van der Waals surface area (Å²) in [6.07, 6.45) is 7.25. The van der Waals surface area contributed by atoms with E-state index in [0.29, 0.717) is 12.0 Å². The monoisotopic (exact) mass is 378 g/mol. The number of carbonyl (C=O) groups is 2. The van der Waals surface area contributed by atoms with Gasteiger partial charge in [-0.3, -0.25) is 9.59 Å². The van der Waals surface area contributed by atoms with Gasteiger partial charge in [0.2, 0.25) is 0 Å². The van der Waals surface area contributed by atoms with Crippen LogP contribution in [0.15, 0.2) is 23.8 Å². The number of carbonyl (C=O) groups excluding carboxylic acids is 2. The molecule has 148 valence electrons. The molecular weight excluding hydrogens is 348 g/mol. The maximum Gasteiger partial charge on any atom is 0.163 e. The molecule has 0 aliphatic heterocycles. The zero-order valence-corrected chi connectivity index (χ0v) is 17.2. The van der Waals surface area contributed by atoms with E-state index in [1.165, 1.54) is 0 Å². The molecule has 1 aliphatic rings. The Balaban J connectivity index is 2.16. The molecule has 0 saturated carbocycles. The van der Waals surface area contributed by atoms with Crippen molar-refractivity contribution >= 4 is 35.1 Å². The van der Waals surface area contributed by atoms with Gasteiger partial charge < -0.3 is 9.88 Å². The smallest absolute Gasteiger partial charge is 0.163 e. The van der Waals surface area contributed by atoms with Gasteiger partial charge in [0.1, 0.15) is 0 Å². The molecule has 0 fully saturated rings. The number of nitrogens with zero attached hydrogens (tertiary/aromatic N) is 1. The van der Waals surface area contributed by atoms with Crippen LogP contribution in [0.25, 0.3) is 23.6 Å². The molecule has 1 aromatic carbocycles. The fourth-order valence-electron chi connectivity index (χ4n) is 4.11. The van der Waals surface area contributed by atoms with E-state index in [1.54, 1.807) is 6.92 Å². The van der Waals surface area contributed by atoms with E-state index < -0.39 is 0 Å². The molecule has 1 heterocycles. The van der Waals surface area contributed by atoms with E-state index >= 15 is 0 Å². The molecule has 0 amide bonds. The lowest BCUT2D eigenvalue weighted by Gasteiger charge is -2.08. The quantitative estimate of drug-likeness (QED) is 0.568. The van der Waals surface area contributed by atoms with Crippen LogP contribution in [0, 0.1) is 0 Å².